The number of amides is 1. The second-order valence-electron chi connectivity index (χ2n) is 5.61. The lowest BCUT2D eigenvalue weighted by Gasteiger charge is -2.14. The zero-order chi connectivity index (χ0) is 18.5. The van der Waals surface area contributed by atoms with Crippen molar-refractivity contribution in [1.29, 1.82) is 0 Å². The van der Waals surface area contributed by atoms with Crippen LogP contribution in [0.1, 0.15) is 16.2 Å². The van der Waals surface area contributed by atoms with Gasteiger partial charge in [0.05, 0.1) is 20.8 Å². The minimum atomic E-state index is -0.114. The molecule has 3 rings (SSSR count). The van der Waals surface area contributed by atoms with Gasteiger partial charge in [-0.2, -0.15) is 4.98 Å². The van der Waals surface area contributed by atoms with Crippen LogP contribution in [0.4, 0.5) is 0 Å². The smallest absolute Gasteiger partial charge is 0.254 e. The molecular weight excluding hydrogens is 334 g/mol. The monoisotopic (exact) mass is 353 g/mol. The van der Waals surface area contributed by atoms with Gasteiger partial charge in [0, 0.05) is 18.2 Å². The second kappa shape index (κ2) is 7.69. The number of carbonyl (C=O) groups excluding carboxylic acids is 1. The van der Waals surface area contributed by atoms with Crippen molar-refractivity contribution in [3.8, 4) is 22.9 Å². The zero-order valence-corrected chi connectivity index (χ0v) is 14.8. The highest BCUT2D eigenvalue weighted by atomic mass is 16.5. The summed E-state index contributed by atoms with van der Waals surface area (Å²) in [5.74, 6) is 1.85. The van der Waals surface area contributed by atoms with Crippen LogP contribution < -0.4 is 9.47 Å². The van der Waals surface area contributed by atoms with Crippen molar-refractivity contribution in [3.63, 3.8) is 0 Å². The van der Waals surface area contributed by atoms with Crippen LogP contribution in [-0.4, -0.2) is 42.2 Å². The molecule has 0 atom stereocenters. The Hall–Kier alpha value is -3.35. The maximum Gasteiger partial charge on any atom is 0.254 e. The summed E-state index contributed by atoms with van der Waals surface area (Å²) in [6, 6.07) is 14.4. The molecule has 1 aromatic heterocycles. The van der Waals surface area contributed by atoms with Gasteiger partial charge in [0.2, 0.25) is 11.7 Å². The van der Waals surface area contributed by atoms with Crippen LogP contribution in [-0.2, 0) is 6.54 Å². The standard InChI is InChI=1S/C19H19N3O4/c1-22(19(23)13-7-5-4-6-8-13)12-17-20-18(21-26-17)14-9-10-15(24-2)16(11-14)25-3/h4-11H,12H2,1-3H3. The Bertz CT molecular complexity index is 893. The molecule has 2 aromatic carbocycles. The first kappa shape index (κ1) is 17.5. The Morgan fingerprint density at radius 3 is 2.50 bits per heavy atom. The molecule has 0 saturated heterocycles. The maximum absolute atomic E-state index is 12.4. The van der Waals surface area contributed by atoms with Gasteiger partial charge in [-0.1, -0.05) is 23.4 Å². The summed E-state index contributed by atoms with van der Waals surface area (Å²) < 4.78 is 15.8. The van der Waals surface area contributed by atoms with Crippen molar-refractivity contribution in [1.82, 2.24) is 15.0 Å². The Morgan fingerprint density at radius 1 is 1.08 bits per heavy atom. The number of hydrogen-bond acceptors (Lipinski definition) is 6. The molecule has 134 valence electrons. The van der Waals surface area contributed by atoms with Crippen LogP contribution in [0.2, 0.25) is 0 Å². The molecule has 3 aromatic rings. The van der Waals surface area contributed by atoms with E-state index >= 15 is 0 Å². The Morgan fingerprint density at radius 2 is 1.81 bits per heavy atom. The van der Waals surface area contributed by atoms with Gasteiger partial charge >= 0.3 is 0 Å². The number of aromatic nitrogens is 2. The summed E-state index contributed by atoms with van der Waals surface area (Å²) in [7, 11) is 4.83. The number of carbonyl (C=O) groups is 1. The molecule has 0 aliphatic heterocycles. The third-order valence-corrected chi connectivity index (χ3v) is 3.85. The number of rotatable bonds is 6. The fraction of sp³-hybridized carbons (Fsp3) is 0.211. The van der Waals surface area contributed by atoms with Gasteiger partial charge in [0.15, 0.2) is 11.5 Å². The molecule has 0 fully saturated rings. The molecule has 1 heterocycles. The van der Waals surface area contributed by atoms with Crippen molar-refractivity contribution >= 4 is 5.91 Å². The minimum Gasteiger partial charge on any atom is -0.493 e. The molecule has 0 aliphatic carbocycles. The van der Waals surface area contributed by atoms with Crippen LogP contribution >= 0.6 is 0 Å². The van der Waals surface area contributed by atoms with E-state index in [1.165, 1.54) is 4.90 Å². The van der Waals surface area contributed by atoms with E-state index in [1.807, 2.05) is 24.3 Å². The quantitative estimate of drug-likeness (QED) is 0.678. The van der Waals surface area contributed by atoms with E-state index in [-0.39, 0.29) is 12.5 Å². The van der Waals surface area contributed by atoms with Crippen molar-refractivity contribution < 1.29 is 18.8 Å². The zero-order valence-electron chi connectivity index (χ0n) is 14.8. The Kier molecular flexibility index (Phi) is 5.17. The van der Waals surface area contributed by atoms with E-state index in [0.717, 1.165) is 5.56 Å². The van der Waals surface area contributed by atoms with Gasteiger partial charge in [-0.3, -0.25) is 4.79 Å². The topological polar surface area (TPSA) is 77.7 Å². The molecule has 0 unspecified atom stereocenters. The summed E-state index contributed by atoms with van der Waals surface area (Å²) in [6.45, 7) is 0.216. The molecule has 1 amide bonds. The average Bonchev–Trinajstić information content (AvgIpc) is 3.15. The molecule has 0 N–H and O–H groups in total. The van der Waals surface area contributed by atoms with E-state index in [4.69, 9.17) is 14.0 Å². The molecule has 0 spiro atoms. The molecule has 7 heteroatoms. The summed E-state index contributed by atoms with van der Waals surface area (Å²) in [5, 5.41) is 3.98. The lowest BCUT2D eigenvalue weighted by atomic mass is 10.2. The van der Waals surface area contributed by atoms with Crippen LogP contribution in [0.25, 0.3) is 11.4 Å². The SMILES string of the molecule is COc1ccc(-c2noc(CN(C)C(=O)c3ccccc3)n2)cc1OC. The summed E-state index contributed by atoms with van der Waals surface area (Å²) in [5.41, 5.74) is 1.34. The highest BCUT2D eigenvalue weighted by molar-refractivity contribution is 5.93. The molecule has 0 saturated carbocycles. The number of ether oxygens (including phenoxy) is 2. The second-order valence-corrected chi connectivity index (χ2v) is 5.61. The fourth-order valence-electron chi connectivity index (χ4n) is 2.49. The summed E-state index contributed by atoms with van der Waals surface area (Å²) in [4.78, 5) is 18.3. The number of benzene rings is 2. The summed E-state index contributed by atoms with van der Waals surface area (Å²) >= 11 is 0. The predicted octanol–water partition coefficient (Wildman–Crippen LogP) is 3.03. The van der Waals surface area contributed by atoms with E-state index in [1.54, 1.807) is 45.5 Å². The van der Waals surface area contributed by atoms with Gasteiger partial charge in [-0.15, -0.1) is 0 Å². The minimum absolute atomic E-state index is 0.114. The first-order chi connectivity index (χ1) is 12.6. The predicted molar refractivity (Wildman–Crippen MR) is 95.1 cm³/mol. The molecule has 0 bridgehead atoms. The lowest BCUT2D eigenvalue weighted by molar-refractivity contribution is 0.0769. The van der Waals surface area contributed by atoms with Gasteiger partial charge in [-0.05, 0) is 30.3 Å². The summed E-state index contributed by atoms with van der Waals surface area (Å²) in [6.07, 6.45) is 0. The van der Waals surface area contributed by atoms with Gasteiger partial charge in [0.1, 0.15) is 0 Å². The number of hydrogen-bond donors (Lipinski definition) is 0. The third kappa shape index (κ3) is 3.66. The van der Waals surface area contributed by atoms with Crippen molar-refractivity contribution in [2.24, 2.45) is 0 Å². The number of nitrogens with zero attached hydrogens (tertiary/aromatic N) is 3. The fourth-order valence-corrected chi connectivity index (χ4v) is 2.49. The van der Waals surface area contributed by atoms with Gasteiger partial charge < -0.3 is 18.9 Å². The average molecular weight is 353 g/mol. The van der Waals surface area contributed by atoms with E-state index < -0.39 is 0 Å². The molecule has 26 heavy (non-hydrogen) atoms. The van der Waals surface area contributed by atoms with Gasteiger partial charge in [0.25, 0.3) is 5.91 Å². The van der Waals surface area contributed by atoms with E-state index in [9.17, 15) is 4.79 Å². The largest absolute Gasteiger partial charge is 0.493 e. The van der Waals surface area contributed by atoms with Crippen LogP contribution in [0.3, 0.4) is 0 Å². The normalized spacial score (nSPS) is 10.4. The highest BCUT2D eigenvalue weighted by Crippen LogP contribution is 2.31. The lowest BCUT2D eigenvalue weighted by Crippen LogP contribution is -2.26. The number of methoxy groups -OCH3 is 2. The van der Waals surface area contributed by atoms with E-state index in [0.29, 0.717) is 28.8 Å². The molecule has 0 aliphatic rings. The van der Waals surface area contributed by atoms with Crippen LogP contribution in [0, 0.1) is 0 Å². The van der Waals surface area contributed by atoms with Crippen molar-refractivity contribution in [2.45, 2.75) is 6.54 Å². The molecular formula is C19H19N3O4. The Labute approximate surface area is 151 Å². The first-order valence-corrected chi connectivity index (χ1v) is 7.98. The molecule has 7 nitrogen and oxygen atoms in total. The van der Waals surface area contributed by atoms with Crippen LogP contribution in [0.15, 0.2) is 53.1 Å². The van der Waals surface area contributed by atoms with Crippen molar-refractivity contribution in [3.05, 3.63) is 60.0 Å². The molecule has 0 radical (unpaired) electrons. The highest BCUT2D eigenvalue weighted by Gasteiger charge is 2.17. The third-order valence-electron chi connectivity index (χ3n) is 3.85. The van der Waals surface area contributed by atoms with Crippen LogP contribution in [0.5, 0.6) is 11.5 Å². The maximum atomic E-state index is 12.4. The van der Waals surface area contributed by atoms with Gasteiger partial charge in [-0.25, -0.2) is 0 Å². The van der Waals surface area contributed by atoms with Crippen molar-refractivity contribution in [2.75, 3.05) is 21.3 Å². The first-order valence-electron chi connectivity index (χ1n) is 7.98. The van der Waals surface area contributed by atoms with E-state index in [2.05, 4.69) is 10.1 Å². The Balaban J connectivity index is 1.75.